The quantitative estimate of drug-likeness (QED) is 0.444. The molecular formula is C28H36F2O3. The van der Waals surface area contributed by atoms with Crippen molar-refractivity contribution in [3.63, 3.8) is 0 Å². The second kappa shape index (κ2) is 8.39. The zero-order valence-corrected chi connectivity index (χ0v) is 20.0. The van der Waals surface area contributed by atoms with Crippen molar-refractivity contribution in [2.75, 3.05) is 7.11 Å². The summed E-state index contributed by atoms with van der Waals surface area (Å²) in [6.45, 7) is 1.85. The van der Waals surface area contributed by atoms with E-state index in [0.29, 0.717) is 17.3 Å². The lowest BCUT2D eigenvalue weighted by molar-refractivity contribution is -0.137. The Balaban J connectivity index is 1.42. The summed E-state index contributed by atoms with van der Waals surface area (Å²) < 4.78 is 35.1. The number of alkyl halides is 2. The first-order chi connectivity index (χ1) is 15.8. The summed E-state index contributed by atoms with van der Waals surface area (Å²) in [7, 11) is 1.43. The highest BCUT2D eigenvalue weighted by atomic mass is 19.3. The molecule has 3 nitrogen and oxygen atoms in total. The minimum absolute atomic E-state index is 0.00774. The van der Waals surface area contributed by atoms with Gasteiger partial charge >= 0.3 is 6.61 Å². The lowest BCUT2D eigenvalue weighted by Crippen LogP contribution is -2.52. The minimum Gasteiger partial charge on any atom is -0.493 e. The molecule has 6 atom stereocenters. The molecule has 4 fully saturated rings. The second-order valence-corrected chi connectivity index (χ2v) is 11.4. The Hall–Kier alpha value is -1.91. The van der Waals surface area contributed by atoms with Crippen LogP contribution in [-0.2, 0) is 4.79 Å². The molecule has 4 saturated carbocycles. The molecule has 0 saturated heterocycles. The fourth-order valence-electron chi connectivity index (χ4n) is 8.26. The Kier molecular flexibility index (Phi) is 5.81. The molecule has 1 aromatic rings. The van der Waals surface area contributed by atoms with Gasteiger partial charge in [0.25, 0.3) is 0 Å². The summed E-state index contributed by atoms with van der Waals surface area (Å²) in [4.78, 5) is 13.6. The lowest BCUT2D eigenvalue weighted by atomic mass is 9.45. The highest BCUT2D eigenvalue weighted by Crippen LogP contribution is 2.66. The van der Waals surface area contributed by atoms with Crippen molar-refractivity contribution in [2.24, 2.45) is 34.5 Å². The van der Waals surface area contributed by atoms with E-state index in [-0.39, 0.29) is 22.7 Å². The first-order valence-electron chi connectivity index (χ1n) is 12.6. The van der Waals surface area contributed by atoms with Crippen LogP contribution in [0.1, 0.15) is 77.2 Å². The molecule has 5 heteroatoms. The summed E-state index contributed by atoms with van der Waals surface area (Å²) in [5.41, 5.74) is 1.85. The number of carbonyl (C=O) groups excluding carboxylic acids is 1. The van der Waals surface area contributed by atoms with Crippen LogP contribution in [0.5, 0.6) is 11.5 Å². The van der Waals surface area contributed by atoms with Crippen LogP contribution in [0.3, 0.4) is 0 Å². The van der Waals surface area contributed by atoms with Gasteiger partial charge in [-0.05, 0) is 103 Å². The number of hydrogen-bond acceptors (Lipinski definition) is 3. The Bertz CT molecular complexity index is 956. The molecule has 0 N–H and O–H groups in total. The number of carbonyl (C=O) groups is 1. The number of rotatable bonds is 4. The van der Waals surface area contributed by atoms with Crippen LogP contribution in [0.4, 0.5) is 8.78 Å². The standard InChI is InChI=1S/C28H36F2O3/c1-27-12-5-4-6-19(27)8-9-20-21(27)11-13-28(2)22(20)16-18(25(28)31)14-17-7-10-23(33-26(29)30)24(15-17)32-3/h7,10,14-15,19-22,26H,4-6,8-9,11-13,16H2,1-3H3/b18-14+. The normalized spacial score (nSPS) is 39.2. The van der Waals surface area contributed by atoms with Crippen molar-refractivity contribution in [3.8, 4) is 11.5 Å². The molecule has 0 amide bonds. The van der Waals surface area contributed by atoms with E-state index < -0.39 is 6.61 Å². The zero-order valence-electron chi connectivity index (χ0n) is 20.0. The molecule has 0 spiro atoms. The number of fused-ring (bicyclic) bond motifs is 5. The van der Waals surface area contributed by atoms with Gasteiger partial charge in [0.15, 0.2) is 17.3 Å². The molecule has 0 heterocycles. The Morgan fingerprint density at radius 2 is 1.85 bits per heavy atom. The highest BCUT2D eigenvalue weighted by Gasteiger charge is 2.60. The molecule has 0 aromatic heterocycles. The van der Waals surface area contributed by atoms with Gasteiger partial charge in [0.05, 0.1) is 7.11 Å². The van der Waals surface area contributed by atoms with E-state index in [1.165, 1.54) is 58.1 Å². The first-order valence-corrected chi connectivity index (χ1v) is 12.6. The van der Waals surface area contributed by atoms with E-state index in [1.54, 1.807) is 12.1 Å². The topological polar surface area (TPSA) is 35.5 Å². The van der Waals surface area contributed by atoms with Crippen LogP contribution < -0.4 is 9.47 Å². The number of Topliss-reactive ketones (excluding diaryl/α,β-unsaturated/α-hetero) is 1. The van der Waals surface area contributed by atoms with Crippen LogP contribution in [0.25, 0.3) is 6.08 Å². The van der Waals surface area contributed by atoms with Crippen molar-refractivity contribution in [3.05, 3.63) is 29.3 Å². The van der Waals surface area contributed by atoms with Crippen molar-refractivity contribution >= 4 is 11.9 Å². The van der Waals surface area contributed by atoms with Crippen LogP contribution in [-0.4, -0.2) is 19.5 Å². The van der Waals surface area contributed by atoms with Crippen molar-refractivity contribution < 1.29 is 23.0 Å². The molecule has 5 rings (SSSR count). The minimum atomic E-state index is -2.91. The number of halogens is 2. The highest BCUT2D eigenvalue weighted by molar-refractivity contribution is 6.06. The number of methoxy groups -OCH3 is 1. The van der Waals surface area contributed by atoms with E-state index in [4.69, 9.17) is 4.74 Å². The van der Waals surface area contributed by atoms with Gasteiger partial charge in [0, 0.05) is 5.41 Å². The van der Waals surface area contributed by atoms with Gasteiger partial charge in [-0.15, -0.1) is 0 Å². The van der Waals surface area contributed by atoms with Gasteiger partial charge in [-0.3, -0.25) is 4.79 Å². The van der Waals surface area contributed by atoms with Gasteiger partial charge in [-0.2, -0.15) is 8.78 Å². The van der Waals surface area contributed by atoms with Gasteiger partial charge in [-0.1, -0.05) is 32.8 Å². The number of ether oxygens (including phenoxy) is 2. The molecular weight excluding hydrogens is 422 g/mol. The molecule has 1 aromatic carbocycles. The summed E-state index contributed by atoms with van der Waals surface area (Å²) in [5.74, 6) is 3.20. The zero-order chi connectivity index (χ0) is 23.4. The maximum atomic E-state index is 13.6. The molecule has 0 aliphatic heterocycles. The number of ketones is 1. The summed E-state index contributed by atoms with van der Waals surface area (Å²) in [6, 6.07) is 4.90. The molecule has 6 unspecified atom stereocenters. The van der Waals surface area contributed by atoms with Crippen LogP contribution in [0, 0.1) is 34.5 Å². The molecule has 4 aliphatic rings. The summed E-state index contributed by atoms with van der Waals surface area (Å²) in [6.07, 6.45) is 13.0. The molecule has 0 bridgehead atoms. The van der Waals surface area contributed by atoms with Crippen molar-refractivity contribution in [2.45, 2.75) is 78.2 Å². The Morgan fingerprint density at radius 1 is 1.03 bits per heavy atom. The van der Waals surface area contributed by atoms with E-state index in [0.717, 1.165) is 35.8 Å². The van der Waals surface area contributed by atoms with Crippen molar-refractivity contribution in [1.82, 2.24) is 0 Å². The fourth-order valence-corrected chi connectivity index (χ4v) is 8.26. The van der Waals surface area contributed by atoms with E-state index in [1.807, 2.05) is 6.08 Å². The van der Waals surface area contributed by atoms with Gasteiger partial charge in [-0.25, -0.2) is 0 Å². The average molecular weight is 459 g/mol. The van der Waals surface area contributed by atoms with Gasteiger partial charge in [0.1, 0.15) is 0 Å². The number of hydrogen-bond donors (Lipinski definition) is 0. The smallest absolute Gasteiger partial charge is 0.387 e. The Labute approximate surface area is 195 Å². The van der Waals surface area contributed by atoms with E-state index in [9.17, 15) is 13.6 Å². The largest absolute Gasteiger partial charge is 0.493 e. The lowest BCUT2D eigenvalue weighted by Gasteiger charge is -2.59. The predicted molar refractivity (Wildman–Crippen MR) is 124 cm³/mol. The average Bonchev–Trinajstić information content (AvgIpc) is 3.04. The number of allylic oxidation sites excluding steroid dienone is 1. The molecule has 4 aliphatic carbocycles. The first kappa shape index (κ1) is 22.9. The third-order valence-corrected chi connectivity index (χ3v) is 9.97. The van der Waals surface area contributed by atoms with Crippen LogP contribution in [0.2, 0.25) is 0 Å². The third kappa shape index (κ3) is 3.70. The fraction of sp³-hybridized carbons (Fsp3) is 0.679. The maximum Gasteiger partial charge on any atom is 0.387 e. The molecule has 180 valence electrons. The number of benzene rings is 1. The van der Waals surface area contributed by atoms with E-state index >= 15 is 0 Å². The summed E-state index contributed by atoms with van der Waals surface area (Å²) in [5, 5.41) is 0. The van der Waals surface area contributed by atoms with Gasteiger partial charge in [0.2, 0.25) is 0 Å². The molecule has 33 heavy (non-hydrogen) atoms. The van der Waals surface area contributed by atoms with Crippen molar-refractivity contribution in [1.29, 1.82) is 0 Å². The second-order valence-electron chi connectivity index (χ2n) is 11.4. The third-order valence-electron chi connectivity index (χ3n) is 9.97. The van der Waals surface area contributed by atoms with Crippen LogP contribution in [0.15, 0.2) is 23.8 Å². The predicted octanol–water partition coefficient (Wildman–Crippen LogP) is 7.29. The molecule has 0 radical (unpaired) electrons. The monoisotopic (exact) mass is 458 g/mol. The SMILES string of the molecule is COc1cc(/C=C2\CC3C4CCC5CCCCC5(C)C4CCC3(C)C2=O)ccc1OC(F)F. The van der Waals surface area contributed by atoms with E-state index in [2.05, 4.69) is 18.6 Å². The summed E-state index contributed by atoms with van der Waals surface area (Å²) >= 11 is 0. The van der Waals surface area contributed by atoms with Gasteiger partial charge < -0.3 is 9.47 Å². The maximum absolute atomic E-state index is 13.6. The Morgan fingerprint density at radius 3 is 2.61 bits per heavy atom. The van der Waals surface area contributed by atoms with Crippen LogP contribution >= 0.6 is 0 Å².